The lowest BCUT2D eigenvalue weighted by atomic mass is 9.97. The monoisotopic (exact) mass is 462 g/mol. The van der Waals surface area contributed by atoms with E-state index in [-0.39, 0.29) is 17.3 Å². The first-order chi connectivity index (χ1) is 15.9. The van der Waals surface area contributed by atoms with E-state index in [4.69, 9.17) is 5.73 Å². The van der Waals surface area contributed by atoms with E-state index in [1.807, 2.05) is 30.3 Å². The van der Waals surface area contributed by atoms with Gasteiger partial charge in [0.05, 0.1) is 11.4 Å². The van der Waals surface area contributed by atoms with Crippen molar-refractivity contribution in [3.63, 3.8) is 0 Å². The number of hydrogen-bond donors (Lipinski definition) is 3. The summed E-state index contributed by atoms with van der Waals surface area (Å²) in [4.78, 5) is 26.6. The van der Waals surface area contributed by atoms with Crippen LogP contribution in [-0.2, 0) is 16.3 Å². The van der Waals surface area contributed by atoms with Gasteiger partial charge in [0, 0.05) is 29.0 Å². The standard InChI is InChI=1S/C24H22N4O4S/c25-17-8-6-16(7-9-17)23(29)28-13-12-18-19(28)10-11-20(22(18)15-4-2-1-3-5-15)33(31,32)21-14-26-24(30)27-21/h1-11,21H,12-14,25H2,(H2,26,27,30)/t21-/m0/s1. The molecule has 2 aliphatic rings. The number of nitrogen functional groups attached to an aromatic ring is 1. The second-order valence-electron chi connectivity index (χ2n) is 8.02. The van der Waals surface area contributed by atoms with Gasteiger partial charge < -0.3 is 21.3 Å². The van der Waals surface area contributed by atoms with Gasteiger partial charge in [-0.15, -0.1) is 0 Å². The average molecular weight is 463 g/mol. The number of carbonyl (C=O) groups excluding carboxylic acids is 2. The van der Waals surface area contributed by atoms with Gasteiger partial charge in [0.15, 0.2) is 5.37 Å². The summed E-state index contributed by atoms with van der Waals surface area (Å²) >= 11 is 0. The van der Waals surface area contributed by atoms with Gasteiger partial charge in [0.1, 0.15) is 0 Å². The van der Waals surface area contributed by atoms with Crippen molar-refractivity contribution in [3.8, 4) is 11.1 Å². The summed E-state index contributed by atoms with van der Waals surface area (Å²) in [6.45, 7) is 0.428. The molecule has 33 heavy (non-hydrogen) atoms. The van der Waals surface area contributed by atoms with Gasteiger partial charge in [-0.3, -0.25) is 4.79 Å². The minimum atomic E-state index is -3.88. The van der Waals surface area contributed by atoms with Crippen molar-refractivity contribution >= 4 is 33.2 Å². The van der Waals surface area contributed by atoms with Crippen molar-refractivity contribution < 1.29 is 18.0 Å². The number of nitrogens with zero attached hydrogens (tertiary/aromatic N) is 1. The minimum Gasteiger partial charge on any atom is -0.399 e. The summed E-state index contributed by atoms with van der Waals surface area (Å²) < 4.78 is 27.0. The van der Waals surface area contributed by atoms with Crippen molar-refractivity contribution in [2.24, 2.45) is 0 Å². The molecule has 168 valence electrons. The van der Waals surface area contributed by atoms with E-state index < -0.39 is 21.2 Å². The van der Waals surface area contributed by atoms with Crippen molar-refractivity contribution in [1.82, 2.24) is 10.6 Å². The molecule has 0 saturated carbocycles. The third-order valence-electron chi connectivity index (χ3n) is 6.01. The Morgan fingerprint density at radius 2 is 1.73 bits per heavy atom. The fourth-order valence-electron chi connectivity index (χ4n) is 4.39. The number of carbonyl (C=O) groups is 2. The Balaban J connectivity index is 1.63. The van der Waals surface area contributed by atoms with E-state index in [0.29, 0.717) is 35.5 Å². The molecule has 1 saturated heterocycles. The topological polar surface area (TPSA) is 122 Å². The molecule has 3 aromatic rings. The van der Waals surface area contributed by atoms with Gasteiger partial charge in [-0.2, -0.15) is 0 Å². The third kappa shape index (κ3) is 3.60. The zero-order chi connectivity index (χ0) is 23.2. The molecule has 2 aliphatic heterocycles. The predicted octanol–water partition coefficient (Wildman–Crippen LogP) is 2.55. The van der Waals surface area contributed by atoms with E-state index in [0.717, 1.165) is 11.1 Å². The van der Waals surface area contributed by atoms with Gasteiger partial charge in [-0.1, -0.05) is 30.3 Å². The molecular formula is C24H22N4O4S. The van der Waals surface area contributed by atoms with Crippen LogP contribution in [0.4, 0.5) is 16.2 Å². The highest BCUT2D eigenvalue weighted by Crippen LogP contribution is 2.41. The molecular weight excluding hydrogens is 440 g/mol. The van der Waals surface area contributed by atoms with Crippen LogP contribution in [0.2, 0.25) is 0 Å². The van der Waals surface area contributed by atoms with Crippen LogP contribution >= 0.6 is 0 Å². The lowest BCUT2D eigenvalue weighted by Gasteiger charge is -2.21. The predicted molar refractivity (Wildman–Crippen MR) is 126 cm³/mol. The number of fused-ring (bicyclic) bond motifs is 1. The van der Waals surface area contributed by atoms with Crippen LogP contribution in [0.3, 0.4) is 0 Å². The number of anilines is 2. The second-order valence-corrected chi connectivity index (χ2v) is 10.1. The number of urea groups is 1. The molecule has 1 fully saturated rings. The SMILES string of the molecule is Nc1ccc(C(=O)N2CCc3c2ccc(S(=O)(=O)[C@H]2CNC(=O)N2)c3-c2ccccc2)cc1. The largest absolute Gasteiger partial charge is 0.399 e. The maximum atomic E-state index is 13.5. The molecule has 0 aromatic heterocycles. The average Bonchev–Trinajstić information content (AvgIpc) is 3.46. The van der Waals surface area contributed by atoms with Crippen LogP contribution in [-0.4, -0.2) is 38.8 Å². The van der Waals surface area contributed by atoms with E-state index in [1.165, 1.54) is 6.07 Å². The fraction of sp³-hybridized carbons (Fsp3) is 0.167. The summed E-state index contributed by atoms with van der Waals surface area (Å²) in [6.07, 6.45) is 0.513. The molecule has 4 N–H and O–H groups in total. The molecule has 3 amide bonds. The number of rotatable bonds is 4. The van der Waals surface area contributed by atoms with Gasteiger partial charge >= 0.3 is 6.03 Å². The number of benzene rings is 3. The van der Waals surface area contributed by atoms with Crippen molar-refractivity contribution in [3.05, 3.63) is 77.9 Å². The number of amides is 3. The Hall–Kier alpha value is -3.85. The van der Waals surface area contributed by atoms with Crippen molar-refractivity contribution in [2.75, 3.05) is 23.7 Å². The minimum absolute atomic E-state index is 0.00572. The normalized spacial score (nSPS) is 17.4. The van der Waals surface area contributed by atoms with E-state index in [2.05, 4.69) is 10.6 Å². The summed E-state index contributed by atoms with van der Waals surface area (Å²) in [5.74, 6) is -0.171. The Morgan fingerprint density at radius 3 is 2.39 bits per heavy atom. The zero-order valence-corrected chi connectivity index (χ0v) is 18.4. The van der Waals surface area contributed by atoms with Crippen LogP contribution in [0.5, 0.6) is 0 Å². The van der Waals surface area contributed by atoms with Crippen LogP contribution < -0.4 is 21.3 Å². The second kappa shape index (κ2) is 7.93. The first-order valence-electron chi connectivity index (χ1n) is 10.5. The first-order valence-corrected chi connectivity index (χ1v) is 12.1. The fourth-order valence-corrected chi connectivity index (χ4v) is 6.05. The Bertz CT molecular complexity index is 1360. The van der Waals surface area contributed by atoms with E-state index >= 15 is 0 Å². The number of sulfone groups is 1. The highest BCUT2D eigenvalue weighted by atomic mass is 32.2. The number of hydrogen-bond acceptors (Lipinski definition) is 5. The van der Waals surface area contributed by atoms with Crippen LogP contribution in [0.15, 0.2) is 71.6 Å². The Kier molecular flexibility index (Phi) is 5.05. The van der Waals surface area contributed by atoms with Crippen LogP contribution in [0.1, 0.15) is 15.9 Å². The molecule has 0 aliphatic carbocycles. The lowest BCUT2D eigenvalue weighted by Crippen LogP contribution is -2.35. The molecule has 0 spiro atoms. The molecule has 0 bridgehead atoms. The van der Waals surface area contributed by atoms with Gasteiger partial charge in [-0.05, 0) is 53.9 Å². The number of nitrogens with one attached hydrogen (secondary N) is 2. The van der Waals surface area contributed by atoms with E-state index in [1.54, 1.807) is 35.2 Å². The quantitative estimate of drug-likeness (QED) is 0.515. The highest BCUT2D eigenvalue weighted by molar-refractivity contribution is 7.92. The van der Waals surface area contributed by atoms with Gasteiger partial charge in [-0.25, -0.2) is 13.2 Å². The summed E-state index contributed by atoms with van der Waals surface area (Å²) in [7, 11) is -3.88. The van der Waals surface area contributed by atoms with Crippen molar-refractivity contribution in [2.45, 2.75) is 16.7 Å². The molecule has 0 unspecified atom stereocenters. The lowest BCUT2D eigenvalue weighted by molar-refractivity contribution is 0.0989. The Labute approximate surface area is 191 Å². The van der Waals surface area contributed by atoms with Crippen LogP contribution in [0, 0.1) is 0 Å². The molecule has 2 heterocycles. The summed E-state index contributed by atoms with van der Waals surface area (Å²) in [6, 6.07) is 18.7. The number of nitrogens with two attached hydrogens (primary N) is 1. The molecule has 1 atom stereocenters. The van der Waals surface area contributed by atoms with Gasteiger partial charge in [0.2, 0.25) is 9.84 Å². The maximum Gasteiger partial charge on any atom is 0.315 e. The van der Waals surface area contributed by atoms with Crippen LogP contribution in [0.25, 0.3) is 11.1 Å². The zero-order valence-electron chi connectivity index (χ0n) is 17.6. The summed E-state index contributed by atoms with van der Waals surface area (Å²) in [5, 5.41) is 3.93. The van der Waals surface area contributed by atoms with E-state index in [9.17, 15) is 18.0 Å². The molecule has 8 nitrogen and oxygen atoms in total. The molecule has 9 heteroatoms. The molecule has 3 aromatic carbocycles. The Morgan fingerprint density at radius 1 is 1.00 bits per heavy atom. The smallest absolute Gasteiger partial charge is 0.315 e. The van der Waals surface area contributed by atoms with Crippen molar-refractivity contribution in [1.29, 1.82) is 0 Å². The van der Waals surface area contributed by atoms with Gasteiger partial charge in [0.25, 0.3) is 5.91 Å². The summed E-state index contributed by atoms with van der Waals surface area (Å²) in [5.41, 5.74) is 9.62. The third-order valence-corrected chi connectivity index (χ3v) is 8.00. The maximum absolute atomic E-state index is 13.5. The molecule has 5 rings (SSSR count). The highest BCUT2D eigenvalue weighted by Gasteiger charge is 2.38. The molecule has 0 radical (unpaired) electrons. The first kappa shape index (κ1) is 21.0.